The van der Waals surface area contributed by atoms with E-state index >= 15 is 0 Å². The van der Waals surface area contributed by atoms with E-state index in [1.165, 1.54) is 0 Å². The van der Waals surface area contributed by atoms with Gasteiger partial charge in [-0.15, -0.1) is 0 Å². The minimum Gasteiger partial charge on any atom is -0.444 e. The molecule has 1 aromatic carbocycles. The third-order valence-corrected chi connectivity index (χ3v) is 7.32. The third-order valence-electron chi connectivity index (χ3n) is 7.32. The quantitative estimate of drug-likeness (QED) is 0.584. The number of nitrogens with zero attached hydrogens (tertiary/aromatic N) is 2. The molecule has 4 aliphatic rings. The van der Waals surface area contributed by atoms with Crippen LogP contribution >= 0.6 is 0 Å². The second kappa shape index (κ2) is 8.84. The number of aromatic nitrogens is 2. The number of anilines is 1. The van der Waals surface area contributed by atoms with Crippen molar-refractivity contribution in [1.82, 2.24) is 15.1 Å². The summed E-state index contributed by atoms with van der Waals surface area (Å²) in [5.74, 6) is 0.991. The van der Waals surface area contributed by atoms with Crippen molar-refractivity contribution in [3.8, 4) is 0 Å². The lowest BCUT2D eigenvalue weighted by atomic mass is 9.50. The van der Waals surface area contributed by atoms with E-state index in [1.54, 1.807) is 10.7 Å². The summed E-state index contributed by atoms with van der Waals surface area (Å²) >= 11 is 0. The molecule has 0 unspecified atom stereocenters. The van der Waals surface area contributed by atoms with Crippen LogP contribution in [0.15, 0.2) is 36.4 Å². The Morgan fingerprint density at radius 1 is 1.14 bits per heavy atom. The summed E-state index contributed by atoms with van der Waals surface area (Å²) in [6.45, 7) is 6.06. The Morgan fingerprint density at radius 2 is 1.86 bits per heavy atom. The number of hydrogen-bond acceptors (Lipinski definition) is 5. The van der Waals surface area contributed by atoms with Gasteiger partial charge in [-0.1, -0.05) is 30.3 Å². The van der Waals surface area contributed by atoms with Gasteiger partial charge in [0.25, 0.3) is 0 Å². The van der Waals surface area contributed by atoms with E-state index < -0.39 is 30.0 Å². The average molecular weight is 485 g/mol. The standard InChI is InChI=1S/C26H33FN4O4/c1-25(2,3)31-22(28-23(32)34-15-16-7-5-4-6-8-16)11-20(30-31)18-9-19(27)21(10-18)35-24(33)29-26-12-17(13-26)14-26/h4-8,11,17-19,21H,9-10,12-15H2,1-3H3,(H,28,32)(H,29,33)/t17?,18-,19-,21-,26?/m1/s1. The Balaban J connectivity index is 1.22. The molecule has 2 aromatic rings. The maximum atomic E-state index is 14.8. The molecule has 2 amide bonds. The molecule has 188 valence electrons. The lowest BCUT2D eigenvalue weighted by Crippen LogP contribution is -2.68. The highest BCUT2D eigenvalue weighted by Gasteiger charge is 2.58. The highest BCUT2D eigenvalue weighted by atomic mass is 19.1. The molecule has 0 radical (unpaired) electrons. The highest BCUT2D eigenvalue weighted by molar-refractivity contribution is 5.83. The van der Waals surface area contributed by atoms with Crippen LogP contribution in [0.1, 0.15) is 70.1 Å². The normalized spacial score (nSPS) is 29.0. The van der Waals surface area contributed by atoms with Gasteiger partial charge < -0.3 is 14.8 Å². The van der Waals surface area contributed by atoms with Gasteiger partial charge >= 0.3 is 12.2 Å². The van der Waals surface area contributed by atoms with Gasteiger partial charge in [-0.2, -0.15) is 5.10 Å². The molecule has 4 fully saturated rings. The van der Waals surface area contributed by atoms with Crippen LogP contribution in [0.5, 0.6) is 0 Å². The van der Waals surface area contributed by atoms with E-state index in [0.29, 0.717) is 17.9 Å². The topological polar surface area (TPSA) is 94.5 Å². The van der Waals surface area contributed by atoms with E-state index in [1.807, 2.05) is 51.1 Å². The van der Waals surface area contributed by atoms with Crippen molar-refractivity contribution < 1.29 is 23.5 Å². The van der Waals surface area contributed by atoms with Crippen molar-refractivity contribution >= 4 is 18.0 Å². The molecule has 8 nitrogen and oxygen atoms in total. The number of halogens is 1. The van der Waals surface area contributed by atoms with Gasteiger partial charge in [-0.05, 0) is 64.4 Å². The Morgan fingerprint density at radius 3 is 2.49 bits per heavy atom. The molecule has 6 rings (SSSR count). The first kappa shape index (κ1) is 23.6. The molecule has 0 aliphatic heterocycles. The number of alkyl halides is 1. The molecular weight excluding hydrogens is 451 g/mol. The Hall–Kier alpha value is -3.10. The molecule has 4 aliphatic carbocycles. The van der Waals surface area contributed by atoms with E-state index in [0.717, 1.165) is 30.7 Å². The number of carbonyl (C=O) groups excluding carboxylic acids is 2. The molecule has 9 heteroatoms. The number of benzene rings is 1. The maximum Gasteiger partial charge on any atom is 0.413 e. The Kier molecular flexibility index (Phi) is 5.97. The summed E-state index contributed by atoms with van der Waals surface area (Å²) in [5, 5.41) is 10.4. The maximum absolute atomic E-state index is 14.8. The molecule has 4 saturated carbocycles. The van der Waals surface area contributed by atoms with Crippen LogP contribution in [0.3, 0.4) is 0 Å². The van der Waals surface area contributed by atoms with Crippen molar-refractivity contribution in [2.24, 2.45) is 5.92 Å². The Labute approximate surface area is 204 Å². The number of alkyl carbamates (subject to hydrolysis) is 1. The Bertz CT molecular complexity index is 1080. The number of rotatable bonds is 6. The van der Waals surface area contributed by atoms with Gasteiger partial charge in [-0.3, -0.25) is 5.32 Å². The lowest BCUT2D eigenvalue weighted by Gasteiger charge is -2.61. The van der Waals surface area contributed by atoms with Crippen LogP contribution in [0, 0.1) is 5.92 Å². The second-order valence-corrected chi connectivity index (χ2v) is 11.2. The fourth-order valence-corrected chi connectivity index (χ4v) is 5.39. The first-order valence-electron chi connectivity index (χ1n) is 12.3. The van der Waals surface area contributed by atoms with Gasteiger partial charge in [0.1, 0.15) is 24.7 Å². The number of amides is 2. The average Bonchev–Trinajstić information content (AvgIpc) is 3.33. The first-order valence-corrected chi connectivity index (χ1v) is 12.3. The van der Waals surface area contributed by atoms with Crippen LogP contribution < -0.4 is 10.6 Å². The number of carbonyl (C=O) groups is 2. The summed E-state index contributed by atoms with van der Waals surface area (Å²) in [6, 6.07) is 11.2. The van der Waals surface area contributed by atoms with Crippen molar-refractivity contribution in [1.29, 1.82) is 0 Å². The molecule has 2 N–H and O–H groups in total. The van der Waals surface area contributed by atoms with Crippen LogP contribution in [0.4, 0.5) is 19.8 Å². The van der Waals surface area contributed by atoms with Gasteiger partial charge in [0.2, 0.25) is 0 Å². The first-order chi connectivity index (χ1) is 16.6. The minimum atomic E-state index is -1.26. The summed E-state index contributed by atoms with van der Waals surface area (Å²) in [6.07, 6.45) is 0.387. The fourth-order valence-electron chi connectivity index (χ4n) is 5.39. The van der Waals surface area contributed by atoms with Crippen LogP contribution in [0.2, 0.25) is 0 Å². The zero-order valence-corrected chi connectivity index (χ0v) is 20.4. The van der Waals surface area contributed by atoms with E-state index in [9.17, 15) is 14.0 Å². The third kappa shape index (κ3) is 4.99. The molecule has 1 aromatic heterocycles. The van der Waals surface area contributed by atoms with Gasteiger partial charge in [0.05, 0.1) is 11.2 Å². The fraction of sp³-hybridized carbons (Fsp3) is 0.577. The molecule has 2 bridgehead atoms. The van der Waals surface area contributed by atoms with Gasteiger partial charge in [0.15, 0.2) is 0 Å². The lowest BCUT2D eigenvalue weighted by molar-refractivity contribution is -0.0530. The molecule has 0 saturated heterocycles. The summed E-state index contributed by atoms with van der Waals surface area (Å²) in [7, 11) is 0. The van der Waals surface area contributed by atoms with Crippen molar-refractivity contribution in [3.05, 3.63) is 47.7 Å². The van der Waals surface area contributed by atoms with Gasteiger partial charge in [0, 0.05) is 17.5 Å². The molecule has 3 atom stereocenters. The SMILES string of the molecule is CC(C)(C)n1nc([C@@H]2C[C@@H](F)[C@H](OC(=O)NC34CC(C3)C4)C2)cc1NC(=O)OCc1ccccc1. The summed E-state index contributed by atoms with van der Waals surface area (Å²) < 4.78 is 27.3. The summed E-state index contributed by atoms with van der Waals surface area (Å²) in [4.78, 5) is 24.8. The van der Waals surface area contributed by atoms with Crippen molar-refractivity contribution in [2.75, 3.05) is 5.32 Å². The zero-order valence-electron chi connectivity index (χ0n) is 20.4. The van der Waals surface area contributed by atoms with E-state index in [4.69, 9.17) is 14.6 Å². The monoisotopic (exact) mass is 484 g/mol. The number of hydrogen-bond donors (Lipinski definition) is 2. The largest absolute Gasteiger partial charge is 0.444 e. The van der Waals surface area contributed by atoms with Crippen LogP contribution in [-0.4, -0.2) is 39.8 Å². The smallest absolute Gasteiger partial charge is 0.413 e. The molecular formula is C26H33FN4O4. The molecule has 1 heterocycles. The van der Waals surface area contributed by atoms with Crippen molar-refractivity contribution in [3.63, 3.8) is 0 Å². The van der Waals surface area contributed by atoms with E-state index in [2.05, 4.69) is 10.6 Å². The summed E-state index contributed by atoms with van der Waals surface area (Å²) in [5.41, 5.74) is 1.02. The van der Waals surface area contributed by atoms with Gasteiger partial charge in [-0.25, -0.2) is 18.7 Å². The second-order valence-electron chi connectivity index (χ2n) is 11.2. The van der Waals surface area contributed by atoms with Crippen LogP contribution in [-0.2, 0) is 21.6 Å². The van der Waals surface area contributed by atoms with E-state index in [-0.39, 0.29) is 24.5 Å². The predicted octanol–water partition coefficient (Wildman–Crippen LogP) is 5.25. The minimum absolute atomic E-state index is 0.104. The number of nitrogens with one attached hydrogen (secondary N) is 2. The molecule has 0 spiro atoms. The molecule has 35 heavy (non-hydrogen) atoms. The van der Waals surface area contributed by atoms with Crippen molar-refractivity contribution in [2.45, 2.75) is 88.8 Å². The number of ether oxygens (including phenoxy) is 2. The highest BCUT2D eigenvalue weighted by Crippen LogP contribution is 2.57. The van der Waals surface area contributed by atoms with Crippen LogP contribution in [0.25, 0.3) is 0 Å². The predicted molar refractivity (Wildman–Crippen MR) is 128 cm³/mol. The zero-order chi connectivity index (χ0) is 24.8.